The van der Waals surface area contributed by atoms with E-state index in [1.165, 1.54) is 18.5 Å². The molecule has 1 atom stereocenters. The average molecular weight is 205 g/mol. The third-order valence-electron chi connectivity index (χ3n) is 2.96. The van der Waals surface area contributed by atoms with Gasteiger partial charge in [-0.1, -0.05) is 57.5 Å². The van der Waals surface area contributed by atoms with Crippen molar-refractivity contribution in [1.29, 1.82) is 0 Å². The van der Waals surface area contributed by atoms with Gasteiger partial charge in [-0.15, -0.1) is 0 Å². The van der Waals surface area contributed by atoms with Crippen LogP contribution in [0.1, 0.15) is 32.8 Å². The lowest BCUT2D eigenvalue weighted by Crippen LogP contribution is -2.27. The topological polar surface area (TPSA) is 3.24 Å². The predicted octanol–water partition coefficient (Wildman–Crippen LogP) is 3.55. The van der Waals surface area contributed by atoms with Crippen molar-refractivity contribution in [3.8, 4) is 0 Å². The molecule has 0 N–H and O–H groups in total. The highest BCUT2D eigenvalue weighted by molar-refractivity contribution is 5.14. The number of nitrogens with zero attached hydrogens (tertiary/aromatic N) is 1. The third-order valence-corrected chi connectivity index (χ3v) is 2.96. The van der Waals surface area contributed by atoms with Crippen molar-refractivity contribution in [1.82, 2.24) is 4.90 Å². The van der Waals surface area contributed by atoms with Crippen molar-refractivity contribution in [2.45, 2.75) is 33.7 Å². The minimum absolute atomic E-state index is 0.800. The standard InChI is InChI=1S/C14H23N/c1-4-13(3)11-15(5-2)12-14-9-7-6-8-10-14/h6-10,13H,4-5,11-12H2,1-3H3/t13-/m1/s1. The fraction of sp³-hybridized carbons (Fsp3) is 0.571. The SMILES string of the molecule is CC[C@@H](C)CN(CC)Cc1ccccc1. The molecule has 15 heavy (non-hydrogen) atoms. The number of hydrogen-bond donors (Lipinski definition) is 0. The molecule has 1 aromatic carbocycles. The summed E-state index contributed by atoms with van der Waals surface area (Å²) >= 11 is 0. The fourth-order valence-corrected chi connectivity index (χ4v) is 1.72. The monoisotopic (exact) mass is 205 g/mol. The van der Waals surface area contributed by atoms with E-state index in [2.05, 4.69) is 56.0 Å². The Morgan fingerprint density at radius 3 is 2.33 bits per heavy atom. The Morgan fingerprint density at radius 1 is 1.13 bits per heavy atom. The summed E-state index contributed by atoms with van der Waals surface area (Å²) in [5.74, 6) is 0.800. The summed E-state index contributed by atoms with van der Waals surface area (Å²) in [6.07, 6.45) is 1.27. The van der Waals surface area contributed by atoms with E-state index >= 15 is 0 Å². The molecule has 1 heteroatoms. The van der Waals surface area contributed by atoms with Gasteiger partial charge in [0.1, 0.15) is 0 Å². The van der Waals surface area contributed by atoms with Crippen molar-refractivity contribution in [2.75, 3.05) is 13.1 Å². The maximum atomic E-state index is 2.52. The highest BCUT2D eigenvalue weighted by Gasteiger charge is 2.07. The Hall–Kier alpha value is -0.820. The zero-order valence-electron chi connectivity index (χ0n) is 10.2. The lowest BCUT2D eigenvalue weighted by atomic mass is 10.1. The van der Waals surface area contributed by atoms with Crippen LogP contribution in [0.25, 0.3) is 0 Å². The molecule has 0 amide bonds. The molecule has 0 aliphatic rings. The normalized spacial score (nSPS) is 13.1. The van der Waals surface area contributed by atoms with Gasteiger partial charge in [-0.2, -0.15) is 0 Å². The summed E-state index contributed by atoms with van der Waals surface area (Å²) in [6.45, 7) is 10.3. The summed E-state index contributed by atoms with van der Waals surface area (Å²) in [4.78, 5) is 2.52. The number of rotatable bonds is 6. The molecule has 1 rings (SSSR count). The van der Waals surface area contributed by atoms with E-state index in [1.54, 1.807) is 0 Å². The van der Waals surface area contributed by atoms with Gasteiger partial charge in [0.25, 0.3) is 0 Å². The molecule has 0 aliphatic heterocycles. The summed E-state index contributed by atoms with van der Waals surface area (Å²) in [7, 11) is 0. The Bertz CT molecular complexity index is 255. The fourth-order valence-electron chi connectivity index (χ4n) is 1.72. The zero-order valence-corrected chi connectivity index (χ0v) is 10.2. The minimum atomic E-state index is 0.800. The van der Waals surface area contributed by atoms with E-state index < -0.39 is 0 Å². The van der Waals surface area contributed by atoms with Crippen LogP contribution in [0.4, 0.5) is 0 Å². The molecular weight excluding hydrogens is 182 g/mol. The van der Waals surface area contributed by atoms with Crippen LogP contribution >= 0.6 is 0 Å². The zero-order chi connectivity index (χ0) is 11.1. The number of benzene rings is 1. The Morgan fingerprint density at radius 2 is 1.80 bits per heavy atom. The predicted molar refractivity (Wildman–Crippen MR) is 66.8 cm³/mol. The van der Waals surface area contributed by atoms with Crippen LogP contribution in [0, 0.1) is 5.92 Å². The van der Waals surface area contributed by atoms with Crippen LogP contribution in [0.2, 0.25) is 0 Å². The Kier molecular flexibility index (Phi) is 5.41. The van der Waals surface area contributed by atoms with Crippen molar-refractivity contribution in [3.63, 3.8) is 0 Å². The quantitative estimate of drug-likeness (QED) is 0.686. The van der Waals surface area contributed by atoms with E-state index in [0.29, 0.717) is 0 Å². The van der Waals surface area contributed by atoms with E-state index in [-0.39, 0.29) is 0 Å². The molecule has 0 radical (unpaired) electrons. The Labute approximate surface area is 94.1 Å². The van der Waals surface area contributed by atoms with Gasteiger partial charge in [0.05, 0.1) is 0 Å². The molecule has 0 saturated heterocycles. The first-order chi connectivity index (χ1) is 7.26. The first-order valence-corrected chi connectivity index (χ1v) is 6.02. The van der Waals surface area contributed by atoms with Crippen LogP contribution in [-0.4, -0.2) is 18.0 Å². The van der Waals surface area contributed by atoms with Crippen LogP contribution in [0.5, 0.6) is 0 Å². The maximum absolute atomic E-state index is 2.52. The lowest BCUT2D eigenvalue weighted by Gasteiger charge is -2.23. The van der Waals surface area contributed by atoms with E-state index in [0.717, 1.165) is 19.0 Å². The van der Waals surface area contributed by atoms with Crippen molar-refractivity contribution in [2.24, 2.45) is 5.92 Å². The van der Waals surface area contributed by atoms with Gasteiger partial charge in [-0.05, 0) is 18.0 Å². The van der Waals surface area contributed by atoms with Crippen molar-refractivity contribution >= 4 is 0 Å². The molecule has 0 bridgehead atoms. The van der Waals surface area contributed by atoms with E-state index in [1.807, 2.05) is 0 Å². The highest BCUT2D eigenvalue weighted by Crippen LogP contribution is 2.08. The molecule has 0 heterocycles. The maximum Gasteiger partial charge on any atom is 0.0233 e. The summed E-state index contributed by atoms with van der Waals surface area (Å²) in [5, 5.41) is 0. The molecule has 0 unspecified atom stereocenters. The van der Waals surface area contributed by atoms with Gasteiger partial charge < -0.3 is 0 Å². The second-order valence-corrected chi connectivity index (χ2v) is 4.33. The largest absolute Gasteiger partial charge is 0.299 e. The van der Waals surface area contributed by atoms with Gasteiger partial charge in [0.2, 0.25) is 0 Å². The third kappa shape index (κ3) is 4.48. The first kappa shape index (κ1) is 12.3. The molecular formula is C14H23N. The minimum Gasteiger partial charge on any atom is -0.299 e. The summed E-state index contributed by atoms with van der Waals surface area (Å²) < 4.78 is 0. The van der Waals surface area contributed by atoms with Gasteiger partial charge in [0, 0.05) is 13.1 Å². The number of hydrogen-bond acceptors (Lipinski definition) is 1. The van der Waals surface area contributed by atoms with Gasteiger partial charge in [-0.3, -0.25) is 4.90 Å². The molecule has 0 aromatic heterocycles. The molecule has 0 aliphatic carbocycles. The summed E-state index contributed by atoms with van der Waals surface area (Å²) in [6, 6.07) is 10.7. The van der Waals surface area contributed by atoms with Gasteiger partial charge in [0.15, 0.2) is 0 Å². The van der Waals surface area contributed by atoms with Crippen LogP contribution < -0.4 is 0 Å². The Balaban J connectivity index is 2.47. The first-order valence-electron chi connectivity index (χ1n) is 6.02. The molecule has 1 aromatic rings. The van der Waals surface area contributed by atoms with Crippen molar-refractivity contribution < 1.29 is 0 Å². The van der Waals surface area contributed by atoms with Gasteiger partial charge >= 0.3 is 0 Å². The summed E-state index contributed by atoms with van der Waals surface area (Å²) in [5.41, 5.74) is 1.42. The molecule has 0 fully saturated rings. The van der Waals surface area contributed by atoms with E-state index in [4.69, 9.17) is 0 Å². The second-order valence-electron chi connectivity index (χ2n) is 4.33. The van der Waals surface area contributed by atoms with Crippen LogP contribution in [0.15, 0.2) is 30.3 Å². The smallest absolute Gasteiger partial charge is 0.0233 e. The molecule has 0 saturated carbocycles. The van der Waals surface area contributed by atoms with Crippen molar-refractivity contribution in [3.05, 3.63) is 35.9 Å². The lowest BCUT2D eigenvalue weighted by molar-refractivity contribution is 0.238. The molecule has 84 valence electrons. The highest BCUT2D eigenvalue weighted by atomic mass is 15.1. The van der Waals surface area contributed by atoms with E-state index in [9.17, 15) is 0 Å². The van der Waals surface area contributed by atoms with Gasteiger partial charge in [-0.25, -0.2) is 0 Å². The van der Waals surface area contributed by atoms with Crippen LogP contribution in [-0.2, 0) is 6.54 Å². The average Bonchev–Trinajstić information content (AvgIpc) is 2.29. The molecule has 0 spiro atoms. The molecule has 1 nitrogen and oxygen atoms in total. The van der Waals surface area contributed by atoms with Crippen LogP contribution in [0.3, 0.4) is 0 Å². The second kappa shape index (κ2) is 6.62.